The SMILES string of the molecule is Brc1ccc2c(c1)Oc1ccc(Br)c3cccc(c13)O2. The van der Waals surface area contributed by atoms with Gasteiger partial charge in [0.05, 0.1) is 5.39 Å². The molecule has 0 spiro atoms. The number of hydrogen-bond donors (Lipinski definition) is 0. The van der Waals surface area contributed by atoms with Crippen LogP contribution in [0, 0.1) is 0 Å². The lowest BCUT2D eigenvalue weighted by atomic mass is 10.1. The standard InChI is InChI=1S/C16H8Br2O2/c17-9-4-6-12-15(8-9)20-14-7-5-11(18)10-2-1-3-13(19-12)16(10)14/h1-8H. The molecule has 0 bridgehead atoms. The monoisotopic (exact) mass is 390 g/mol. The topological polar surface area (TPSA) is 18.5 Å². The third-order valence-electron chi connectivity index (χ3n) is 3.26. The molecule has 0 fully saturated rings. The van der Waals surface area contributed by atoms with Crippen LogP contribution in [0.5, 0.6) is 23.0 Å². The Hall–Kier alpha value is -1.52. The minimum Gasteiger partial charge on any atom is -0.453 e. The van der Waals surface area contributed by atoms with Gasteiger partial charge >= 0.3 is 0 Å². The second-order valence-corrected chi connectivity index (χ2v) is 6.29. The molecular formula is C16H8Br2O2. The van der Waals surface area contributed by atoms with Crippen molar-refractivity contribution in [2.45, 2.75) is 0 Å². The van der Waals surface area contributed by atoms with Crippen LogP contribution in [0.2, 0.25) is 0 Å². The number of ether oxygens (including phenoxy) is 2. The van der Waals surface area contributed by atoms with Crippen LogP contribution in [0.4, 0.5) is 0 Å². The Kier molecular flexibility index (Phi) is 2.75. The van der Waals surface area contributed by atoms with Gasteiger partial charge in [0, 0.05) is 14.3 Å². The maximum Gasteiger partial charge on any atom is 0.171 e. The summed E-state index contributed by atoms with van der Waals surface area (Å²) in [6.07, 6.45) is 0. The number of benzene rings is 3. The molecule has 0 aromatic heterocycles. The van der Waals surface area contributed by atoms with Crippen molar-refractivity contribution in [1.82, 2.24) is 0 Å². The largest absolute Gasteiger partial charge is 0.453 e. The zero-order valence-corrected chi connectivity index (χ0v) is 13.4. The first-order chi connectivity index (χ1) is 9.72. The maximum absolute atomic E-state index is 6.03. The quantitative estimate of drug-likeness (QED) is 0.352. The molecule has 0 atom stereocenters. The number of halogens is 2. The first-order valence-electron chi connectivity index (χ1n) is 6.09. The number of hydrogen-bond acceptors (Lipinski definition) is 2. The molecule has 3 aromatic carbocycles. The lowest BCUT2D eigenvalue weighted by Gasteiger charge is -2.08. The third-order valence-corrected chi connectivity index (χ3v) is 4.44. The Morgan fingerprint density at radius 2 is 1.45 bits per heavy atom. The van der Waals surface area contributed by atoms with Gasteiger partial charge in [0.1, 0.15) is 11.5 Å². The molecule has 98 valence electrons. The molecule has 0 amide bonds. The van der Waals surface area contributed by atoms with Gasteiger partial charge in [-0.1, -0.05) is 44.0 Å². The first-order valence-corrected chi connectivity index (χ1v) is 7.67. The van der Waals surface area contributed by atoms with E-state index in [9.17, 15) is 0 Å². The Balaban J connectivity index is 2.06. The van der Waals surface area contributed by atoms with Crippen LogP contribution in [-0.4, -0.2) is 0 Å². The van der Waals surface area contributed by atoms with E-state index in [1.165, 1.54) is 0 Å². The van der Waals surface area contributed by atoms with Gasteiger partial charge in [-0.25, -0.2) is 0 Å². The second kappa shape index (κ2) is 4.50. The fraction of sp³-hybridized carbons (Fsp3) is 0. The predicted octanol–water partition coefficient (Wildman–Crippen LogP) is 6.26. The molecule has 0 aliphatic carbocycles. The highest BCUT2D eigenvalue weighted by atomic mass is 79.9. The zero-order chi connectivity index (χ0) is 13.7. The van der Waals surface area contributed by atoms with Gasteiger partial charge in [-0.05, 0) is 36.4 Å². The van der Waals surface area contributed by atoms with Crippen molar-refractivity contribution < 1.29 is 9.47 Å². The highest BCUT2D eigenvalue weighted by molar-refractivity contribution is 9.11. The van der Waals surface area contributed by atoms with E-state index in [0.29, 0.717) is 11.5 Å². The first kappa shape index (κ1) is 12.2. The highest BCUT2D eigenvalue weighted by Gasteiger charge is 2.19. The maximum atomic E-state index is 6.03. The molecule has 1 aliphatic rings. The smallest absolute Gasteiger partial charge is 0.171 e. The predicted molar refractivity (Wildman–Crippen MR) is 85.9 cm³/mol. The summed E-state index contributed by atoms with van der Waals surface area (Å²) in [6, 6.07) is 15.7. The Morgan fingerprint density at radius 3 is 2.35 bits per heavy atom. The van der Waals surface area contributed by atoms with Gasteiger partial charge in [0.15, 0.2) is 11.5 Å². The van der Waals surface area contributed by atoms with Crippen LogP contribution in [0.3, 0.4) is 0 Å². The van der Waals surface area contributed by atoms with Crippen LogP contribution in [0.15, 0.2) is 57.5 Å². The lowest BCUT2D eigenvalue weighted by Crippen LogP contribution is -1.85. The van der Waals surface area contributed by atoms with Crippen LogP contribution in [0.1, 0.15) is 0 Å². The number of rotatable bonds is 0. The Labute approximate surface area is 132 Å². The minimum atomic E-state index is 0.708. The van der Waals surface area contributed by atoms with Crippen LogP contribution >= 0.6 is 31.9 Å². The summed E-state index contributed by atoms with van der Waals surface area (Å²) in [5.41, 5.74) is 0. The molecule has 4 rings (SSSR count). The van der Waals surface area contributed by atoms with Crippen LogP contribution in [0.25, 0.3) is 10.8 Å². The fourth-order valence-electron chi connectivity index (χ4n) is 2.36. The van der Waals surface area contributed by atoms with Crippen molar-refractivity contribution in [2.75, 3.05) is 0 Å². The molecule has 0 saturated heterocycles. The van der Waals surface area contributed by atoms with Crippen molar-refractivity contribution in [2.24, 2.45) is 0 Å². The molecule has 0 radical (unpaired) electrons. The van der Waals surface area contributed by atoms with Crippen LogP contribution in [-0.2, 0) is 0 Å². The molecular weight excluding hydrogens is 384 g/mol. The molecule has 1 aliphatic heterocycles. The molecule has 4 heteroatoms. The molecule has 20 heavy (non-hydrogen) atoms. The summed E-state index contributed by atoms with van der Waals surface area (Å²) in [5, 5.41) is 2.06. The van der Waals surface area contributed by atoms with E-state index in [-0.39, 0.29) is 0 Å². The van der Waals surface area contributed by atoms with Gasteiger partial charge in [-0.2, -0.15) is 0 Å². The molecule has 2 nitrogen and oxygen atoms in total. The second-order valence-electron chi connectivity index (χ2n) is 4.52. The van der Waals surface area contributed by atoms with Crippen LogP contribution < -0.4 is 9.47 Å². The van der Waals surface area contributed by atoms with Gasteiger partial charge < -0.3 is 9.47 Å². The van der Waals surface area contributed by atoms with E-state index in [2.05, 4.69) is 31.9 Å². The fourth-order valence-corrected chi connectivity index (χ4v) is 3.16. The number of fused-ring (bicyclic) bond motifs is 1. The van der Waals surface area contributed by atoms with E-state index >= 15 is 0 Å². The van der Waals surface area contributed by atoms with Crippen molar-refractivity contribution >= 4 is 42.6 Å². The molecule has 3 aromatic rings. The summed E-state index contributed by atoms with van der Waals surface area (Å²) < 4.78 is 14.0. The summed E-state index contributed by atoms with van der Waals surface area (Å²) in [7, 11) is 0. The van der Waals surface area contributed by atoms with E-state index in [1.54, 1.807) is 0 Å². The molecule has 0 N–H and O–H groups in total. The lowest BCUT2D eigenvalue weighted by molar-refractivity contribution is 0.439. The average molecular weight is 392 g/mol. The summed E-state index contributed by atoms with van der Waals surface area (Å²) in [4.78, 5) is 0. The van der Waals surface area contributed by atoms with Gasteiger partial charge in [0.25, 0.3) is 0 Å². The van der Waals surface area contributed by atoms with Crippen molar-refractivity contribution in [3.63, 3.8) is 0 Å². The third kappa shape index (κ3) is 1.83. The Morgan fingerprint density at radius 1 is 0.700 bits per heavy atom. The van der Waals surface area contributed by atoms with Gasteiger partial charge in [-0.3, -0.25) is 0 Å². The van der Waals surface area contributed by atoms with Crippen molar-refractivity contribution in [3.8, 4) is 23.0 Å². The van der Waals surface area contributed by atoms with E-state index in [1.807, 2.05) is 48.5 Å². The molecule has 0 unspecified atom stereocenters. The highest BCUT2D eigenvalue weighted by Crippen LogP contribution is 2.47. The van der Waals surface area contributed by atoms with Gasteiger partial charge in [-0.15, -0.1) is 0 Å². The summed E-state index contributed by atoms with van der Waals surface area (Å²) >= 11 is 7.03. The molecule has 0 saturated carbocycles. The van der Waals surface area contributed by atoms with Gasteiger partial charge in [0.2, 0.25) is 0 Å². The van der Waals surface area contributed by atoms with Crippen molar-refractivity contribution in [1.29, 1.82) is 0 Å². The van der Waals surface area contributed by atoms with E-state index in [0.717, 1.165) is 31.2 Å². The van der Waals surface area contributed by atoms with Crippen molar-refractivity contribution in [3.05, 3.63) is 57.5 Å². The van der Waals surface area contributed by atoms with E-state index in [4.69, 9.17) is 9.47 Å². The van der Waals surface area contributed by atoms with E-state index < -0.39 is 0 Å². The normalized spacial score (nSPS) is 12.3. The average Bonchev–Trinajstić information content (AvgIpc) is 2.60. The minimum absolute atomic E-state index is 0.708. The summed E-state index contributed by atoms with van der Waals surface area (Å²) in [6.45, 7) is 0. The zero-order valence-electron chi connectivity index (χ0n) is 10.2. The Bertz CT molecular complexity index is 843. The molecule has 1 heterocycles. The summed E-state index contributed by atoms with van der Waals surface area (Å²) in [5.74, 6) is 3.03.